The SMILES string of the molecule is N#[N+]c1nncs1.[Cl-]. The Morgan fingerprint density at radius 2 is 2.50 bits per heavy atom. The lowest BCUT2D eigenvalue weighted by Crippen LogP contribution is -3.00. The van der Waals surface area contributed by atoms with Crippen molar-refractivity contribution in [1.29, 1.82) is 5.39 Å². The Kier molecular flexibility index (Phi) is 2.99. The number of rotatable bonds is 0. The van der Waals surface area contributed by atoms with Crippen LogP contribution >= 0.6 is 11.3 Å². The molecule has 0 amide bonds. The van der Waals surface area contributed by atoms with E-state index in [-0.39, 0.29) is 12.4 Å². The van der Waals surface area contributed by atoms with Gasteiger partial charge in [0.05, 0.1) is 5.39 Å². The van der Waals surface area contributed by atoms with Crippen molar-refractivity contribution < 1.29 is 12.4 Å². The van der Waals surface area contributed by atoms with Gasteiger partial charge in [-0.3, -0.25) is 0 Å². The third-order valence-electron chi connectivity index (χ3n) is 0.434. The van der Waals surface area contributed by atoms with Gasteiger partial charge < -0.3 is 12.4 Å². The maximum absolute atomic E-state index is 7.96. The molecule has 1 aromatic rings. The van der Waals surface area contributed by atoms with Crippen LogP contribution in [0.2, 0.25) is 0 Å². The molecule has 0 fully saturated rings. The Hall–Kier alpha value is -0.730. The number of hydrogen-bond acceptors (Lipinski definition) is 4. The Bertz CT molecular complexity index is 176. The molecule has 0 bridgehead atoms. The van der Waals surface area contributed by atoms with Crippen LogP contribution in [0.5, 0.6) is 0 Å². The van der Waals surface area contributed by atoms with E-state index in [9.17, 15) is 0 Å². The van der Waals surface area contributed by atoms with Crippen molar-refractivity contribution in [2.45, 2.75) is 0 Å². The minimum Gasteiger partial charge on any atom is -1.00 e. The largest absolute Gasteiger partial charge is 1.00 e. The minimum atomic E-state index is 0. The fourth-order valence-electron chi connectivity index (χ4n) is 0.211. The predicted molar refractivity (Wildman–Crippen MR) is 24.7 cm³/mol. The van der Waals surface area contributed by atoms with Crippen LogP contribution < -0.4 is 12.4 Å². The number of aromatic nitrogens is 2. The second-order valence-electron chi connectivity index (χ2n) is 0.821. The summed E-state index contributed by atoms with van der Waals surface area (Å²) in [7, 11) is 0. The summed E-state index contributed by atoms with van der Waals surface area (Å²) in [5, 5.41) is 15.0. The van der Waals surface area contributed by atoms with Gasteiger partial charge in [0, 0.05) is 4.98 Å². The molecule has 0 saturated heterocycles. The van der Waals surface area contributed by atoms with Crippen molar-refractivity contribution in [3.05, 3.63) is 10.5 Å². The van der Waals surface area contributed by atoms with Gasteiger partial charge in [-0.05, 0) is 16.4 Å². The summed E-state index contributed by atoms with van der Waals surface area (Å²) in [5.74, 6) is 0. The van der Waals surface area contributed by atoms with Gasteiger partial charge in [0.15, 0.2) is 0 Å². The summed E-state index contributed by atoms with van der Waals surface area (Å²) in [5.41, 5.74) is 1.50. The zero-order valence-corrected chi connectivity index (χ0v) is 5.22. The first-order valence-electron chi connectivity index (χ1n) is 1.55. The number of diazo groups is 1. The first-order chi connectivity index (χ1) is 3.43. The summed E-state index contributed by atoms with van der Waals surface area (Å²) >= 11 is 1.18. The van der Waals surface area contributed by atoms with Gasteiger partial charge >= 0.3 is 5.13 Å². The fourth-order valence-corrected chi connectivity index (χ4v) is 0.541. The summed E-state index contributed by atoms with van der Waals surface area (Å²) < 4.78 is 0. The quantitative estimate of drug-likeness (QED) is 0.401. The monoisotopic (exact) mass is 148 g/mol. The average Bonchev–Trinajstić information content (AvgIpc) is 2.14. The number of halogens is 1. The van der Waals surface area contributed by atoms with Crippen molar-refractivity contribution in [2.24, 2.45) is 0 Å². The zero-order valence-electron chi connectivity index (χ0n) is 3.65. The minimum absolute atomic E-state index is 0. The van der Waals surface area contributed by atoms with Gasteiger partial charge in [-0.1, -0.05) is 0 Å². The highest BCUT2D eigenvalue weighted by Gasteiger charge is 2.04. The van der Waals surface area contributed by atoms with Crippen LogP contribution in [0.15, 0.2) is 5.51 Å². The van der Waals surface area contributed by atoms with E-state index in [0.717, 1.165) is 0 Å². The molecule has 0 aromatic carbocycles. The molecule has 0 radical (unpaired) electrons. The standard InChI is InChI=1S/C2HN4S.ClH/c3-5-2-6-4-1-7-2;/h1H;1H/q+1;/p-1. The smallest absolute Gasteiger partial charge is 0.548 e. The van der Waals surface area contributed by atoms with E-state index in [0.29, 0.717) is 5.13 Å². The summed E-state index contributed by atoms with van der Waals surface area (Å²) in [6.45, 7) is 0. The van der Waals surface area contributed by atoms with Crippen LogP contribution in [0.1, 0.15) is 0 Å². The second-order valence-corrected chi connectivity index (χ2v) is 1.63. The van der Waals surface area contributed by atoms with Crippen LogP contribution in [0.4, 0.5) is 5.13 Å². The molecule has 0 aliphatic rings. The Morgan fingerprint density at radius 3 is 2.75 bits per heavy atom. The van der Waals surface area contributed by atoms with Crippen LogP contribution in [-0.4, -0.2) is 10.2 Å². The lowest BCUT2D eigenvalue weighted by molar-refractivity contribution is -0.00000170. The van der Waals surface area contributed by atoms with Gasteiger partial charge in [0.1, 0.15) is 10.6 Å². The maximum Gasteiger partial charge on any atom is 0.548 e. The highest BCUT2D eigenvalue weighted by atomic mass is 35.5. The lowest BCUT2D eigenvalue weighted by Gasteiger charge is -1.41. The molecule has 42 valence electrons. The molecule has 0 atom stereocenters. The molecule has 0 unspecified atom stereocenters. The molecule has 8 heavy (non-hydrogen) atoms. The van der Waals surface area contributed by atoms with Crippen LogP contribution in [-0.2, 0) is 0 Å². The normalized spacial score (nSPS) is 6.88. The highest BCUT2D eigenvalue weighted by molar-refractivity contribution is 7.13. The first kappa shape index (κ1) is 7.27. The molecule has 0 aliphatic carbocycles. The van der Waals surface area contributed by atoms with E-state index in [1.807, 2.05) is 0 Å². The van der Waals surface area contributed by atoms with E-state index in [2.05, 4.69) is 15.2 Å². The average molecular weight is 149 g/mol. The van der Waals surface area contributed by atoms with E-state index in [1.165, 1.54) is 16.8 Å². The Balaban J connectivity index is 0.000000490. The molecular formula is C2HClN4S. The molecule has 0 spiro atoms. The molecule has 0 N–H and O–H groups in total. The first-order valence-corrected chi connectivity index (χ1v) is 2.42. The van der Waals surface area contributed by atoms with Crippen molar-refractivity contribution in [1.82, 2.24) is 10.2 Å². The van der Waals surface area contributed by atoms with Crippen LogP contribution in [0.3, 0.4) is 0 Å². The molecular weight excluding hydrogens is 148 g/mol. The fraction of sp³-hybridized carbons (Fsp3) is 0. The van der Waals surface area contributed by atoms with Crippen molar-refractivity contribution >= 4 is 16.5 Å². The summed E-state index contributed by atoms with van der Waals surface area (Å²) in [6, 6.07) is 0. The molecule has 1 aromatic heterocycles. The predicted octanol–water partition coefficient (Wildman–Crippen LogP) is -1.97. The third kappa shape index (κ3) is 1.40. The third-order valence-corrected chi connectivity index (χ3v) is 1.01. The van der Waals surface area contributed by atoms with E-state index < -0.39 is 0 Å². The molecule has 1 rings (SSSR count). The number of nitrogens with zero attached hydrogens (tertiary/aromatic N) is 4. The van der Waals surface area contributed by atoms with Gasteiger partial charge in [-0.15, -0.1) is 0 Å². The van der Waals surface area contributed by atoms with Crippen molar-refractivity contribution in [2.75, 3.05) is 0 Å². The highest BCUT2D eigenvalue weighted by Crippen LogP contribution is 2.10. The number of hydrogen-bond donors (Lipinski definition) is 0. The topological polar surface area (TPSA) is 53.9 Å². The molecule has 4 nitrogen and oxygen atoms in total. The van der Waals surface area contributed by atoms with Gasteiger partial charge in [0.25, 0.3) is 0 Å². The second kappa shape index (κ2) is 3.29. The van der Waals surface area contributed by atoms with Crippen LogP contribution in [0, 0.1) is 5.39 Å². The van der Waals surface area contributed by atoms with Gasteiger partial charge in [-0.2, -0.15) is 0 Å². The molecule has 1 heterocycles. The summed E-state index contributed by atoms with van der Waals surface area (Å²) in [6.07, 6.45) is 0. The maximum atomic E-state index is 7.96. The van der Waals surface area contributed by atoms with E-state index in [1.54, 1.807) is 0 Å². The van der Waals surface area contributed by atoms with Crippen LogP contribution in [0.25, 0.3) is 4.98 Å². The van der Waals surface area contributed by atoms with Crippen molar-refractivity contribution in [3.63, 3.8) is 0 Å². The Morgan fingerprint density at radius 1 is 1.75 bits per heavy atom. The Labute approximate surface area is 55.6 Å². The van der Waals surface area contributed by atoms with Crippen molar-refractivity contribution in [3.8, 4) is 0 Å². The zero-order chi connectivity index (χ0) is 5.11. The van der Waals surface area contributed by atoms with Gasteiger partial charge in [0.2, 0.25) is 0 Å². The van der Waals surface area contributed by atoms with E-state index in [4.69, 9.17) is 5.39 Å². The molecule has 0 saturated carbocycles. The van der Waals surface area contributed by atoms with Gasteiger partial charge in [-0.25, -0.2) is 0 Å². The molecule has 0 aliphatic heterocycles. The summed E-state index contributed by atoms with van der Waals surface area (Å²) in [4.78, 5) is 2.78. The lowest BCUT2D eigenvalue weighted by atomic mass is 11.3. The van der Waals surface area contributed by atoms with E-state index >= 15 is 0 Å². The molecule has 6 heteroatoms.